The van der Waals surface area contributed by atoms with Crippen LogP contribution in [0.15, 0.2) is 6.20 Å². The number of likely N-dealkylation sites (N-methyl/N-ethyl adjacent to an activating group) is 1. The molecule has 0 bridgehead atoms. The quantitative estimate of drug-likeness (QED) is 0.786. The smallest absolute Gasteiger partial charge is 0.222 e. The van der Waals surface area contributed by atoms with Gasteiger partial charge >= 0.3 is 0 Å². The molecule has 0 aliphatic heterocycles. The number of nitrogen functional groups attached to an aromatic ring is 1. The third-order valence-corrected chi connectivity index (χ3v) is 2.57. The molecule has 0 saturated heterocycles. The first-order valence-electron chi connectivity index (χ1n) is 5.83. The predicted octanol–water partition coefficient (Wildman–Crippen LogP) is 1.34. The summed E-state index contributed by atoms with van der Waals surface area (Å²) in [5.74, 6) is -0.244. The summed E-state index contributed by atoms with van der Waals surface area (Å²) >= 11 is 0. The predicted molar refractivity (Wildman–Crippen MR) is 67.3 cm³/mol. The molecule has 1 atom stereocenters. The number of hydrogen-bond donors (Lipinski definition) is 2. The molecule has 1 heterocycles. The van der Waals surface area contributed by atoms with Crippen molar-refractivity contribution in [3.8, 4) is 0 Å². The average Bonchev–Trinajstić information content (AvgIpc) is 2.31. The van der Waals surface area contributed by atoms with Gasteiger partial charge in [0.05, 0.1) is 6.20 Å². The van der Waals surface area contributed by atoms with Gasteiger partial charge in [0.2, 0.25) is 5.95 Å². The molecule has 1 aromatic heterocycles. The zero-order valence-corrected chi connectivity index (χ0v) is 10.6. The first kappa shape index (κ1) is 13.6. The SMILES string of the molecule is CCN(CC)CC(C)Nc1nc(N)ncc1F. The van der Waals surface area contributed by atoms with Crippen molar-refractivity contribution in [1.82, 2.24) is 14.9 Å². The molecule has 1 aromatic rings. The molecule has 3 N–H and O–H groups in total. The number of nitrogens with zero attached hydrogens (tertiary/aromatic N) is 3. The van der Waals surface area contributed by atoms with Crippen LogP contribution in [0.4, 0.5) is 16.2 Å². The van der Waals surface area contributed by atoms with Gasteiger partial charge in [-0.25, -0.2) is 9.37 Å². The Labute approximate surface area is 101 Å². The van der Waals surface area contributed by atoms with Crippen LogP contribution in [0.1, 0.15) is 20.8 Å². The highest BCUT2D eigenvalue weighted by atomic mass is 19.1. The zero-order valence-electron chi connectivity index (χ0n) is 10.6. The molecule has 0 fully saturated rings. The fraction of sp³-hybridized carbons (Fsp3) is 0.636. The van der Waals surface area contributed by atoms with E-state index in [-0.39, 0.29) is 17.8 Å². The highest BCUT2D eigenvalue weighted by Gasteiger charge is 2.11. The summed E-state index contributed by atoms with van der Waals surface area (Å²) in [6.45, 7) is 8.94. The molecule has 0 aliphatic carbocycles. The van der Waals surface area contributed by atoms with Gasteiger partial charge in [-0.1, -0.05) is 13.8 Å². The Kier molecular flexibility index (Phi) is 5.09. The molecular weight excluding hydrogens is 221 g/mol. The number of nitrogens with one attached hydrogen (secondary N) is 1. The molecular formula is C11H20FN5. The van der Waals surface area contributed by atoms with Crippen LogP contribution in [-0.2, 0) is 0 Å². The lowest BCUT2D eigenvalue weighted by atomic mass is 10.3. The van der Waals surface area contributed by atoms with Gasteiger partial charge in [0.15, 0.2) is 11.6 Å². The molecule has 1 rings (SSSR count). The Balaban J connectivity index is 2.61. The summed E-state index contributed by atoms with van der Waals surface area (Å²) in [5.41, 5.74) is 5.42. The number of nitrogens with two attached hydrogens (primary N) is 1. The van der Waals surface area contributed by atoms with Crippen molar-refractivity contribution in [3.05, 3.63) is 12.0 Å². The highest BCUT2D eigenvalue weighted by molar-refractivity contribution is 5.39. The van der Waals surface area contributed by atoms with Crippen LogP contribution in [0, 0.1) is 5.82 Å². The van der Waals surface area contributed by atoms with E-state index in [2.05, 4.69) is 34.0 Å². The maximum absolute atomic E-state index is 13.4. The van der Waals surface area contributed by atoms with Gasteiger partial charge in [-0.05, 0) is 20.0 Å². The topological polar surface area (TPSA) is 67.1 Å². The summed E-state index contributed by atoms with van der Waals surface area (Å²) in [4.78, 5) is 9.66. The lowest BCUT2D eigenvalue weighted by Gasteiger charge is -2.23. The Morgan fingerprint density at radius 1 is 1.47 bits per heavy atom. The minimum Gasteiger partial charge on any atom is -0.368 e. The van der Waals surface area contributed by atoms with E-state index < -0.39 is 5.82 Å². The van der Waals surface area contributed by atoms with Crippen molar-refractivity contribution in [2.24, 2.45) is 0 Å². The van der Waals surface area contributed by atoms with E-state index in [0.29, 0.717) is 0 Å². The third-order valence-electron chi connectivity index (χ3n) is 2.57. The van der Waals surface area contributed by atoms with E-state index in [0.717, 1.165) is 25.8 Å². The first-order chi connectivity index (χ1) is 8.06. The Morgan fingerprint density at radius 2 is 2.12 bits per heavy atom. The van der Waals surface area contributed by atoms with E-state index in [1.54, 1.807) is 0 Å². The fourth-order valence-electron chi connectivity index (χ4n) is 1.63. The van der Waals surface area contributed by atoms with Gasteiger partial charge in [0.1, 0.15) is 0 Å². The van der Waals surface area contributed by atoms with E-state index >= 15 is 0 Å². The third kappa shape index (κ3) is 4.14. The molecule has 0 radical (unpaired) electrons. The summed E-state index contributed by atoms with van der Waals surface area (Å²) in [5, 5.41) is 3.00. The van der Waals surface area contributed by atoms with Crippen LogP contribution < -0.4 is 11.1 Å². The Morgan fingerprint density at radius 3 is 2.71 bits per heavy atom. The second-order valence-corrected chi connectivity index (χ2v) is 3.96. The van der Waals surface area contributed by atoms with Crippen molar-refractivity contribution >= 4 is 11.8 Å². The monoisotopic (exact) mass is 241 g/mol. The van der Waals surface area contributed by atoms with Crippen LogP contribution in [0.5, 0.6) is 0 Å². The number of rotatable bonds is 6. The van der Waals surface area contributed by atoms with Crippen LogP contribution >= 0.6 is 0 Å². The van der Waals surface area contributed by atoms with Gasteiger partial charge in [-0.15, -0.1) is 0 Å². The van der Waals surface area contributed by atoms with Crippen LogP contribution in [0.3, 0.4) is 0 Å². The summed E-state index contributed by atoms with van der Waals surface area (Å²) in [7, 11) is 0. The largest absolute Gasteiger partial charge is 0.368 e. The lowest BCUT2D eigenvalue weighted by Crippen LogP contribution is -2.35. The standard InChI is InChI=1S/C11H20FN5/c1-4-17(5-2)7-8(3)15-10-9(12)6-14-11(13)16-10/h6,8H,4-5,7H2,1-3H3,(H3,13,14,15,16). The molecule has 0 amide bonds. The van der Waals surface area contributed by atoms with E-state index in [9.17, 15) is 4.39 Å². The minimum absolute atomic E-state index is 0.0731. The molecule has 0 aromatic carbocycles. The highest BCUT2D eigenvalue weighted by Crippen LogP contribution is 2.11. The number of anilines is 2. The van der Waals surface area contributed by atoms with Crippen molar-refractivity contribution in [1.29, 1.82) is 0 Å². The Hall–Kier alpha value is -1.43. The summed E-state index contributed by atoms with van der Waals surface area (Å²) in [6.07, 6.45) is 1.08. The fourth-order valence-corrected chi connectivity index (χ4v) is 1.63. The molecule has 17 heavy (non-hydrogen) atoms. The number of halogens is 1. The zero-order chi connectivity index (χ0) is 12.8. The molecule has 1 unspecified atom stereocenters. The first-order valence-corrected chi connectivity index (χ1v) is 5.83. The molecule has 0 spiro atoms. The van der Waals surface area contributed by atoms with Crippen molar-refractivity contribution < 1.29 is 4.39 Å². The Bertz CT molecular complexity index is 354. The minimum atomic E-state index is -0.481. The summed E-state index contributed by atoms with van der Waals surface area (Å²) in [6, 6.07) is 0.0960. The molecule has 6 heteroatoms. The molecule has 0 aliphatic rings. The van der Waals surface area contributed by atoms with E-state index in [4.69, 9.17) is 5.73 Å². The van der Waals surface area contributed by atoms with Gasteiger partial charge in [0, 0.05) is 12.6 Å². The second-order valence-electron chi connectivity index (χ2n) is 3.96. The van der Waals surface area contributed by atoms with Crippen molar-refractivity contribution in [2.45, 2.75) is 26.8 Å². The van der Waals surface area contributed by atoms with Crippen molar-refractivity contribution in [3.63, 3.8) is 0 Å². The molecule has 5 nitrogen and oxygen atoms in total. The second kappa shape index (κ2) is 6.34. The van der Waals surface area contributed by atoms with Crippen molar-refractivity contribution in [2.75, 3.05) is 30.7 Å². The van der Waals surface area contributed by atoms with Gasteiger partial charge in [-0.3, -0.25) is 0 Å². The maximum atomic E-state index is 13.4. The number of aromatic nitrogens is 2. The summed E-state index contributed by atoms with van der Waals surface area (Å²) < 4.78 is 13.4. The molecule has 96 valence electrons. The lowest BCUT2D eigenvalue weighted by molar-refractivity contribution is 0.294. The normalized spacial score (nSPS) is 12.8. The van der Waals surface area contributed by atoms with Crippen LogP contribution in [-0.4, -0.2) is 40.5 Å². The van der Waals surface area contributed by atoms with Crippen LogP contribution in [0.25, 0.3) is 0 Å². The van der Waals surface area contributed by atoms with E-state index in [1.165, 1.54) is 0 Å². The van der Waals surface area contributed by atoms with Gasteiger partial charge < -0.3 is 16.0 Å². The van der Waals surface area contributed by atoms with E-state index in [1.807, 2.05) is 6.92 Å². The van der Waals surface area contributed by atoms with Crippen LogP contribution in [0.2, 0.25) is 0 Å². The number of hydrogen-bond acceptors (Lipinski definition) is 5. The van der Waals surface area contributed by atoms with Gasteiger partial charge in [-0.2, -0.15) is 4.98 Å². The average molecular weight is 241 g/mol. The maximum Gasteiger partial charge on any atom is 0.222 e. The molecule has 0 saturated carbocycles. The van der Waals surface area contributed by atoms with Gasteiger partial charge in [0.25, 0.3) is 0 Å².